The summed E-state index contributed by atoms with van der Waals surface area (Å²) in [6.45, 7) is 4.61. The molecule has 0 bridgehead atoms. The van der Waals surface area contributed by atoms with Crippen LogP contribution in [0.5, 0.6) is 5.75 Å². The van der Waals surface area contributed by atoms with Gasteiger partial charge in [0.05, 0.1) is 13.7 Å². The van der Waals surface area contributed by atoms with Crippen molar-refractivity contribution in [3.05, 3.63) is 59.2 Å². The van der Waals surface area contributed by atoms with E-state index in [1.165, 1.54) is 0 Å². The summed E-state index contributed by atoms with van der Waals surface area (Å²) in [7, 11) is 3.44. The number of ether oxygens (including phenoxy) is 1. The van der Waals surface area contributed by atoms with Gasteiger partial charge in [-0.2, -0.15) is 0 Å². The van der Waals surface area contributed by atoms with Gasteiger partial charge in [0, 0.05) is 12.2 Å². The lowest BCUT2D eigenvalue weighted by atomic mass is 10.1. The number of hydrogen-bond donors (Lipinski definition) is 2. The number of likely N-dealkylation sites (N-methyl/N-ethyl adjacent to an activating group) is 1. The topological polar surface area (TPSA) is 70.7 Å². The van der Waals surface area contributed by atoms with Crippen molar-refractivity contribution in [2.75, 3.05) is 26.0 Å². The molecule has 0 saturated heterocycles. The molecule has 0 unspecified atom stereocenters. The first-order chi connectivity index (χ1) is 12.4. The largest absolute Gasteiger partial charge is 0.497 e. The summed E-state index contributed by atoms with van der Waals surface area (Å²) in [5.74, 6) is 0.431. The number of carbonyl (C=O) groups excluding carboxylic acids is 2. The molecule has 2 N–H and O–H groups in total. The molecule has 0 aliphatic rings. The van der Waals surface area contributed by atoms with Gasteiger partial charge >= 0.3 is 6.03 Å². The third-order valence-corrected chi connectivity index (χ3v) is 3.91. The van der Waals surface area contributed by atoms with Crippen molar-refractivity contribution in [1.82, 2.24) is 10.2 Å². The molecule has 0 radical (unpaired) electrons. The second-order valence-electron chi connectivity index (χ2n) is 6.34. The summed E-state index contributed by atoms with van der Waals surface area (Å²) in [5.41, 5.74) is 3.81. The van der Waals surface area contributed by atoms with Crippen LogP contribution in [-0.2, 0) is 11.3 Å². The molecule has 0 spiro atoms. The Labute approximate surface area is 154 Å². The van der Waals surface area contributed by atoms with Gasteiger partial charge in [-0.25, -0.2) is 4.79 Å². The monoisotopic (exact) mass is 355 g/mol. The fourth-order valence-corrected chi connectivity index (χ4v) is 2.62. The number of amides is 3. The molecule has 0 saturated carbocycles. The molecule has 6 nitrogen and oxygen atoms in total. The number of carbonyl (C=O) groups is 2. The number of methoxy groups -OCH3 is 1. The molecular formula is C20H25N3O3. The maximum Gasteiger partial charge on any atom is 0.325 e. The zero-order valence-electron chi connectivity index (χ0n) is 15.6. The van der Waals surface area contributed by atoms with Crippen LogP contribution in [-0.4, -0.2) is 37.5 Å². The lowest BCUT2D eigenvalue weighted by molar-refractivity contribution is -0.120. The summed E-state index contributed by atoms with van der Waals surface area (Å²) in [6, 6.07) is 12.8. The van der Waals surface area contributed by atoms with Crippen molar-refractivity contribution in [3.8, 4) is 5.75 Å². The van der Waals surface area contributed by atoms with Crippen LogP contribution in [0.25, 0.3) is 0 Å². The number of nitrogens with zero attached hydrogens (tertiary/aromatic N) is 1. The van der Waals surface area contributed by atoms with E-state index in [1.54, 1.807) is 7.11 Å². The van der Waals surface area contributed by atoms with E-state index in [9.17, 15) is 9.59 Å². The van der Waals surface area contributed by atoms with Crippen molar-refractivity contribution < 1.29 is 14.3 Å². The number of imide groups is 1. The van der Waals surface area contributed by atoms with E-state index in [2.05, 4.69) is 10.6 Å². The quantitative estimate of drug-likeness (QED) is 0.835. The number of anilines is 1. The normalized spacial score (nSPS) is 10.5. The molecule has 0 aromatic heterocycles. The highest BCUT2D eigenvalue weighted by Crippen LogP contribution is 2.15. The summed E-state index contributed by atoms with van der Waals surface area (Å²) in [5, 5.41) is 5.06. The zero-order valence-corrected chi connectivity index (χ0v) is 15.6. The van der Waals surface area contributed by atoms with Crippen LogP contribution in [0.2, 0.25) is 0 Å². The average molecular weight is 355 g/mol. The molecule has 0 atom stereocenters. The van der Waals surface area contributed by atoms with E-state index in [4.69, 9.17) is 4.74 Å². The highest BCUT2D eigenvalue weighted by atomic mass is 16.5. The molecule has 3 amide bonds. The zero-order chi connectivity index (χ0) is 19.1. The Hall–Kier alpha value is -2.86. The predicted molar refractivity (Wildman–Crippen MR) is 102 cm³/mol. The van der Waals surface area contributed by atoms with E-state index in [0.717, 1.165) is 22.4 Å². The van der Waals surface area contributed by atoms with Gasteiger partial charge in [-0.05, 0) is 50.2 Å². The molecule has 138 valence electrons. The van der Waals surface area contributed by atoms with Gasteiger partial charge in [-0.3, -0.25) is 15.0 Å². The summed E-state index contributed by atoms with van der Waals surface area (Å²) >= 11 is 0. The van der Waals surface area contributed by atoms with Crippen molar-refractivity contribution in [1.29, 1.82) is 0 Å². The first-order valence-corrected chi connectivity index (χ1v) is 8.37. The van der Waals surface area contributed by atoms with E-state index in [1.807, 2.05) is 68.3 Å². The number of hydrogen-bond acceptors (Lipinski definition) is 4. The Morgan fingerprint density at radius 2 is 1.77 bits per heavy atom. The van der Waals surface area contributed by atoms with Gasteiger partial charge in [0.1, 0.15) is 5.75 Å². The minimum atomic E-state index is -0.528. The highest BCUT2D eigenvalue weighted by molar-refractivity contribution is 6.02. The van der Waals surface area contributed by atoms with Crippen LogP contribution < -0.4 is 15.4 Å². The Bertz CT molecular complexity index is 772. The highest BCUT2D eigenvalue weighted by Gasteiger charge is 2.12. The molecule has 2 aromatic rings. The van der Waals surface area contributed by atoms with Crippen molar-refractivity contribution in [2.45, 2.75) is 20.4 Å². The molecule has 0 aliphatic carbocycles. The maximum absolute atomic E-state index is 12.1. The van der Waals surface area contributed by atoms with Crippen LogP contribution in [0.15, 0.2) is 42.5 Å². The standard InChI is InChI=1S/C20H25N3O3/c1-14-5-10-18(15(2)11-14)21-20(25)22-19(24)13-23(3)12-16-6-8-17(26-4)9-7-16/h5-11H,12-13H2,1-4H3,(H2,21,22,24,25). The Balaban J connectivity index is 1.81. The van der Waals surface area contributed by atoms with Crippen molar-refractivity contribution >= 4 is 17.6 Å². The minimum absolute atomic E-state index is 0.117. The van der Waals surface area contributed by atoms with E-state index in [0.29, 0.717) is 12.2 Å². The van der Waals surface area contributed by atoms with Crippen molar-refractivity contribution in [3.63, 3.8) is 0 Å². The van der Waals surface area contributed by atoms with Crippen LogP contribution in [0.4, 0.5) is 10.5 Å². The third-order valence-electron chi connectivity index (χ3n) is 3.91. The molecule has 0 aliphatic heterocycles. The molecule has 26 heavy (non-hydrogen) atoms. The van der Waals surface area contributed by atoms with Gasteiger partial charge in [0.2, 0.25) is 5.91 Å². The minimum Gasteiger partial charge on any atom is -0.497 e. The fraction of sp³-hybridized carbons (Fsp3) is 0.300. The van der Waals surface area contributed by atoms with Gasteiger partial charge in [-0.1, -0.05) is 29.8 Å². The SMILES string of the molecule is COc1ccc(CN(C)CC(=O)NC(=O)Nc2ccc(C)cc2C)cc1. The molecule has 6 heteroatoms. The van der Waals surface area contributed by atoms with E-state index < -0.39 is 6.03 Å². The number of urea groups is 1. The summed E-state index contributed by atoms with van der Waals surface area (Å²) < 4.78 is 5.12. The fourth-order valence-electron chi connectivity index (χ4n) is 2.62. The van der Waals surface area contributed by atoms with Gasteiger partial charge in [0.25, 0.3) is 0 Å². The smallest absolute Gasteiger partial charge is 0.325 e. The Morgan fingerprint density at radius 1 is 1.08 bits per heavy atom. The molecular weight excluding hydrogens is 330 g/mol. The molecule has 2 rings (SSSR count). The average Bonchev–Trinajstić information content (AvgIpc) is 2.57. The number of benzene rings is 2. The van der Waals surface area contributed by atoms with Gasteiger partial charge in [-0.15, -0.1) is 0 Å². The van der Waals surface area contributed by atoms with E-state index in [-0.39, 0.29) is 12.5 Å². The number of nitrogens with one attached hydrogen (secondary N) is 2. The Morgan fingerprint density at radius 3 is 2.38 bits per heavy atom. The first-order valence-electron chi connectivity index (χ1n) is 8.37. The predicted octanol–water partition coefficient (Wildman–Crippen LogP) is 3.09. The first kappa shape index (κ1) is 19.5. The second-order valence-corrected chi connectivity index (χ2v) is 6.34. The van der Waals surface area contributed by atoms with Crippen molar-refractivity contribution in [2.24, 2.45) is 0 Å². The number of aryl methyl sites for hydroxylation is 2. The van der Waals surface area contributed by atoms with Crippen LogP contribution in [0.3, 0.4) is 0 Å². The lowest BCUT2D eigenvalue weighted by Crippen LogP contribution is -2.40. The van der Waals surface area contributed by atoms with Crippen LogP contribution in [0.1, 0.15) is 16.7 Å². The summed E-state index contributed by atoms with van der Waals surface area (Å²) in [4.78, 5) is 25.9. The molecule has 0 fully saturated rings. The lowest BCUT2D eigenvalue weighted by Gasteiger charge is -2.16. The van der Waals surface area contributed by atoms with E-state index >= 15 is 0 Å². The Kier molecular flexibility index (Phi) is 6.74. The van der Waals surface area contributed by atoms with Crippen LogP contribution >= 0.6 is 0 Å². The summed E-state index contributed by atoms with van der Waals surface area (Å²) in [6.07, 6.45) is 0. The number of rotatable bonds is 6. The maximum atomic E-state index is 12.1. The molecule has 2 aromatic carbocycles. The van der Waals surface area contributed by atoms with Crippen LogP contribution in [0, 0.1) is 13.8 Å². The second kappa shape index (κ2) is 9.01. The van der Waals surface area contributed by atoms with Gasteiger partial charge in [0.15, 0.2) is 0 Å². The van der Waals surface area contributed by atoms with Gasteiger partial charge < -0.3 is 10.1 Å². The third kappa shape index (κ3) is 5.89. The molecule has 0 heterocycles.